The maximum atomic E-state index is 13.2. The van der Waals surface area contributed by atoms with E-state index in [4.69, 9.17) is 5.73 Å². The lowest BCUT2D eigenvalue weighted by Gasteiger charge is -2.19. The van der Waals surface area contributed by atoms with E-state index in [1.807, 2.05) is 24.3 Å². The molecule has 2 heterocycles. The zero-order valence-electron chi connectivity index (χ0n) is 13.7. The van der Waals surface area contributed by atoms with Crippen LogP contribution in [0.1, 0.15) is 23.4 Å². The first-order valence-corrected chi connectivity index (χ1v) is 9.19. The number of nitrogens with two attached hydrogens (primary N) is 1. The molecule has 1 aromatic heterocycles. The van der Waals surface area contributed by atoms with Crippen LogP contribution < -0.4 is 10.0 Å². The maximum absolute atomic E-state index is 13.2. The van der Waals surface area contributed by atoms with E-state index in [1.165, 1.54) is 8.99 Å². The summed E-state index contributed by atoms with van der Waals surface area (Å²) in [6.45, 7) is 4.07. The van der Waals surface area contributed by atoms with Crippen LogP contribution in [0.2, 0.25) is 0 Å². The summed E-state index contributed by atoms with van der Waals surface area (Å²) < 4.78 is 29.3. The van der Waals surface area contributed by atoms with Gasteiger partial charge in [0, 0.05) is 19.5 Å². The highest BCUT2D eigenvalue weighted by Crippen LogP contribution is 2.34. The molecule has 8 heteroatoms. The molecule has 7 nitrogen and oxygen atoms in total. The van der Waals surface area contributed by atoms with Gasteiger partial charge in [-0.2, -0.15) is 5.10 Å². The molecule has 0 spiro atoms. The second-order valence-corrected chi connectivity index (χ2v) is 7.69. The van der Waals surface area contributed by atoms with E-state index in [9.17, 15) is 13.2 Å². The maximum Gasteiger partial charge on any atom is 0.268 e. The van der Waals surface area contributed by atoms with Crippen molar-refractivity contribution >= 4 is 21.6 Å². The van der Waals surface area contributed by atoms with Gasteiger partial charge in [-0.15, -0.1) is 0 Å². The van der Waals surface area contributed by atoms with Crippen LogP contribution in [0.5, 0.6) is 0 Å². The third-order valence-corrected chi connectivity index (χ3v) is 6.34. The Labute approximate surface area is 141 Å². The van der Waals surface area contributed by atoms with Gasteiger partial charge >= 0.3 is 0 Å². The number of fused-ring (bicyclic) bond motifs is 1. The van der Waals surface area contributed by atoms with Gasteiger partial charge in [-0.1, -0.05) is 18.2 Å². The Morgan fingerprint density at radius 1 is 1.29 bits per heavy atom. The van der Waals surface area contributed by atoms with Gasteiger partial charge in [0.05, 0.1) is 17.1 Å². The first-order valence-electron chi connectivity index (χ1n) is 7.75. The number of amides is 1. The van der Waals surface area contributed by atoms with Crippen LogP contribution in [-0.2, 0) is 27.8 Å². The number of hydrogen-bond donors (Lipinski definition) is 1. The first-order chi connectivity index (χ1) is 11.3. The first kappa shape index (κ1) is 16.5. The van der Waals surface area contributed by atoms with E-state index in [2.05, 4.69) is 5.10 Å². The van der Waals surface area contributed by atoms with Crippen molar-refractivity contribution in [1.82, 2.24) is 9.78 Å². The summed E-state index contributed by atoms with van der Waals surface area (Å²) in [5.41, 5.74) is 7.87. The largest absolute Gasteiger partial charge is 0.370 e. The molecule has 0 atom stereocenters. The van der Waals surface area contributed by atoms with Crippen molar-refractivity contribution in [1.29, 1.82) is 0 Å². The van der Waals surface area contributed by atoms with Crippen molar-refractivity contribution in [2.24, 2.45) is 5.73 Å². The number of sulfonamides is 1. The van der Waals surface area contributed by atoms with Gasteiger partial charge in [-0.05, 0) is 31.9 Å². The van der Waals surface area contributed by atoms with Gasteiger partial charge in [0.2, 0.25) is 5.91 Å². The summed E-state index contributed by atoms with van der Waals surface area (Å²) in [6, 6.07) is 7.51. The van der Waals surface area contributed by atoms with Crippen LogP contribution in [0.15, 0.2) is 29.2 Å². The molecule has 1 aliphatic heterocycles. The lowest BCUT2D eigenvalue weighted by atomic mass is 10.2. The highest BCUT2D eigenvalue weighted by molar-refractivity contribution is 7.93. The van der Waals surface area contributed by atoms with E-state index < -0.39 is 15.9 Å². The number of anilines is 1. The number of benzene rings is 1. The Morgan fingerprint density at radius 3 is 2.71 bits per heavy atom. The van der Waals surface area contributed by atoms with Crippen LogP contribution in [0.3, 0.4) is 0 Å². The Morgan fingerprint density at radius 2 is 2.00 bits per heavy atom. The predicted molar refractivity (Wildman–Crippen MR) is 90.2 cm³/mol. The fourth-order valence-electron chi connectivity index (χ4n) is 3.16. The molecule has 2 N–H and O–H groups in total. The molecule has 0 saturated carbocycles. The Kier molecular flexibility index (Phi) is 4.08. The molecule has 3 rings (SSSR count). The fraction of sp³-hybridized carbons (Fsp3) is 0.375. The number of carbonyl (C=O) groups excluding carboxylic acids is 1. The molecule has 2 aromatic rings. The smallest absolute Gasteiger partial charge is 0.268 e. The number of rotatable bonds is 5. The minimum absolute atomic E-state index is 0.119. The summed E-state index contributed by atoms with van der Waals surface area (Å²) in [5.74, 6) is -0.444. The Bertz CT molecular complexity index is 902. The van der Waals surface area contributed by atoms with Crippen LogP contribution in [0.4, 0.5) is 5.69 Å². The number of aromatic nitrogens is 2. The molecule has 0 unspecified atom stereocenters. The van der Waals surface area contributed by atoms with Crippen molar-refractivity contribution in [3.63, 3.8) is 0 Å². The average molecular weight is 348 g/mol. The van der Waals surface area contributed by atoms with E-state index in [0.29, 0.717) is 24.4 Å². The van der Waals surface area contributed by atoms with Gasteiger partial charge in [0.15, 0.2) is 0 Å². The molecular formula is C16H20N4O3S. The summed E-state index contributed by atoms with van der Waals surface area (Å²) in [6.07, 6.45) is 0.817. The summed E-state index contributed by atoms with van der Waals surface area (Å²) >= 11 is 0. The van der Waals surface area contributed by atoms with Crippen molar-refractivity contribution in [3.8, 4) is 0 Å². The zero-order chi connectivity index (χ0) is 17.5. The minimum Gasteiger partial charge on any atom is -0.370 e. The van der Waals surface area contributed by atoms with Crippen LogP contribution >= 0.6 is 0 Å². The summed E-state index contributed by atoms with van der Waals surface area (Å²) in [4.78, 5) is 11.2. The summed E-state index contributed by atoms with van der Waals surface area (Å²) in [5, 5.41) is 4.28. The van der Waals surface area contributed by atoms with E-state index in [-0.39, 0.29) is 17.9 Å². The molecule has 1 amide bonds. The molecule has 1 aliphatic rings. The third-order valence-electron chi connectivity index (χ3n) is 4.28. The highest BCUT2D eigenvalue weighted by Gasteiger charge is 2.34. The normalized spacial score (nSPS) is 14.0. The van der Waals surface area contributed by atoms with Crippen molar-refractivity contribution in [2.45, 2.75) is 38.1 Å². The lowest BCUT2D eigenvalue weighted by molar-refractivity contribution is -0.118. The number of para-hydroxylation sites is 1. The van der Waals surface area contributed by atoms with E-state index in [0.717, 1.165) is 11.3 Å². The topological polar surface area (TPSA) is 98.3 Å². The van der Waals surface area contributed by atoms with Gasteiger partial charge in [0.1, 0.15) is 4.90 Å². The predicted octanol–water partition coefficient (Wildman–Crippen LogP) is 1.13. The quantitative estimate of drug-likeness (QED) is 0.875. The number of carbonyl (C=O) groups is 1. The molecule has 0 saturated heterocycles. The number of hydrogen-bond acceptors (Lipinski definition) is 4. The van der Waals surface area contributed by atoms with Crippen LogP contribution in [0.25, 0.3) is 0 Å². The highest BCUT2D eigenvalue weighted by atomic mass is 32.2. The fourth-order valence-corrected chi connectivity index (χ4v) is 5.04. The third kappa shape index (κ3) is 2.66. The van der Waals surface area contributed by atoms with Crippen molar-refractivity contribution in [2.75, 3.05) is 10.8 Å². The van der Waals surface area contributed by atoms with E-state index in [1.54, 1.807) is 13.8 Å². The minimum atomic E-state index is -3.70. The second-order valence-electron chi connectivity index (χ2n) is 5.90. The monoisotopic (exact) mass is 348 g/mol. The van der Waals surface area contributed by atoms with Crippen LogP contribution in [-0.4, -0.2) is 30.7 Å². The Balaban J connectivity index is 2.01. The molecule has 24 heavy (non-hydrogen) atoms. The Hall–Kier alpha value is -2.35. The molecule has 0 fully saturated rings. The second kappa shape index (κ2) is 5.94. The van der Waals surface area contributed by atoms with Gasteiger partial charge in [-0.3, -0.25) is 13.8 Å². The molecule has 128 valence electrons. The number of aryl methyl sites for hydroxylation is 2. The molecular weight excluding hydrogens is 328 g/mol. The van der Waals surface area contributed by atoms with E-state index >= 15 is 0 Å². The van der Waals surface area contributed by atoms with Crippen LogP contribution in [0, 0.1) is 13.8 Å². The van der Waals surface area contributed by atoms with Gasteiger partial charge in [-0.25, -0.2) is 8.42 Å². The standard InChI is InChI=1S/C16H20N4O3S/c1-11-16(12(2)19(18-11)9-8-15(17)21)24(22,23)20-10-7-13-5-3-4-6-14(13)20/h3-6H,7-10H2,1-2H3,(H2,17,21). The van der Waals surface area contributed by atoms with Crippen molar-refractivity contribution in [3.05, 3.63) is 41.2 Å². The van der Waals surface area contributed by atoms with Gasteiger partial charge in [0.25, 0.3) is 10.0 Å². The molecule has 0 bridgehead atoms. The summed E-state index contributed by atoms with van der Waals surface area (Å²) in [7, 11) is -3.70. The van der Waals surface area contributed by atoms with Gasteiger partial charge < -0.3 is 5.73 Å². The van der Waals surface area contributed by atoms with Crippen molar-refractivity contribution < 1.29 is 13.2 Å². The number of nitrogens with zero attached hydrogens (tertiary/aromatic N) is 3. The zero-order valence-corrected chi connectivity index (χ0v) is 14.5. The molecule has 0 radical (unpaired) electrons. The SMILES string of the molecule is Cc1nn(CCC(N)=O)c(C)c1S(=O)(=O)N1CCc2ccccc21. The molecule has 0 aliphatic carbocycles. The number of primary amides is 1. The molecule has 1 aromatic carbocycles. The average Bonchev–Trinajstić information content (AvgIpc) is 3.07. The lowest BCUT2D eigenvalue weighted by Crippen LogP contribution is -2.30.